The summed E-state index contributed by atoms with van der Waals surface area (Å²) in [5, 5.41) is 9.33. The summed E-state index contributed by atoms with van der Waals surface area (Å²) in [5.74, 6) is 0. The van der Waals surface area contributed by atoms with E-state index in [1.807, 2.05) is 18.2 Å². The topological polar surface area (TPSA) is 46.2 Å². The Morgan fingerprint density at radius 3 is 2.50 bits per heavy atom. The van der Waals surface area contributed by atoms with E-state index in [2.05, 4.69) is 0 Å². The molecule has 0 fully saturated rings. The number of hydrogen-bond donors (Lipinski definition) is 2. The number of aliphatic hydroxyl groups is 1. The highest BCUT2D eigenvalue weighted by atomic mass is 35.5. The molecule has 0 amide bonds. The van der Waals surface area contributed by atoms with E-state index in [4.69, 9.17) is 22.4 Å². The van der Waals surface area contributed by atoms with E-state index in [1.165, 1.54) is 0 Å². The van der Waals surface area contributed by atoms with Crippen LogP contribution in [0.3, 0.4) is 0 Å². The van der Waals surface area contributed by atoms with Crippen molar-refractivity contribution < 1.29 is 5.11 Å². The van der Waals surface area contributed by atoms with Crippen LogP contribution in [0.25, 0.3) is 0 Å². The Hall–Kier alpha value is -0.280. The van der Waals surface area contributed by atoms with Gasteiger partial charge in [-0.15, -0.1) is 12.4 Å². The van der Waals surface area contributed by atoms with Gasteiger partial charge in [0, 0.05) is 5.02 Å². The molecule has 0 aliphatic carbocycles. The second kappa shape index (κ2) is 5.38. The van der Waals surface area contributed by atoms with E-state index in [0.29, 0.717) is 5.02 Å². The van der Waals surface area contributed by atoms with Gasteiger partial charge in [-0.1, -0.05) is 29.8 Å². The first-order valence-corrected chi connectivity index (χ1v) is 3.74. The molecule has 0 aliphatic heterocycles. The monoisotopic (exact) mass is 207 g/mol. The smallest absolute Gasteiger partial charge is 0.0624 e. The van der Waals surface area contributed by atoms with Gasteiger partial charge < -0.3 is 10.8 Å². The molecule has 1 rings (SSSR count). The van der Waals surface area contributed by atoms with Gasteiger partial charge in [0.15, 0.2) is 0 Å². The van der Waals surface area contributed by atoms with E-state index in [1.54, 1.807) is 6.07 Å². The van der Waals surface area contributed by atoms with Crippen molar-refractivity contribution in [3.05, 3.63) is 34.9 Å². The minimum Gasteiger partial charge on any atom is -0.394 e. The number of halogens is 2. The van der Waals surface area contributed by atoms with Crippen molar-refractivity contribution in [3.63, 3.8) is 0 Å². The molecule has 2 nitrogen and oxygen atoms in total. The molecule has 0 heterocycles. The second-order valence-corrected chi connectivity index (χ2v) is 2.72. The number of hydrogen-bond acceptors (Lipinski definition) is 2. The zero-order chi connectivity index (χ0) is 8.27. The van der Waals surface area contributed by atoms with Gasteiger partial charge in [-0.3, -0.25) is 0 Å². The minimum atomic E-state index is -0.372. The van der Waals surface area contributed by atoms with E-state index < -0.39 is 0 Å². The largest absolute Gasteiger partial charge is 0.394 e. The Bertz CT molecular complexity index is 242. The van der Waals surface area contributed by atoms with Crippen LogP contribution in [0.15, 0.2) is 24.3 Å². The highest BCUT2D eigenvalue weighted by Gasteiger charge is 2.06. The predicted octanol–water partition coefficient (Wildman–Crippen LogP) is 1.75. The molecule has 1 aromatic carbocycles. The van der Waals surface area contributed by atoms with Gasteiger partial charge in [-0.25, -0.2) is 0 Å². The molecule has 0 unspecified atom stereocenters. The highest BCUT2D eigenvalue weighted by Crippen LogP contribution is 2.19. The third kappa shape index (κ3) is 2.64. The van der Waals surface area contributed by atoms with Crippen molar-refractivity contribution in [2.75, 3.05) is 6.61 Å². The zero-order valence-electron chi connectivity index (χ0n) is 6.40. The Morgan fingerprint density at radius 1 is 1.42 bits per heavy atom. The van der Waals surface area contributed by atoms with Gasteiger partial charge in [0.05, 0.1) is 12.6 Å². The lowest BCUT2D eigenvalue weighted by molar-refractivity contribution is 0.268. The SMILES string of the molecule is Cl.N[C@@H](CO)c1ccccc1Cl. The number of aliphatic hydroxyl groups excluding tert-OH is 1. The van der Waals surface area contributed by atoms with Crippen LogP contribution >= 0.6 is 24.0 Å². The lowest BCUT2D eigenvalue weighted by Crippen LogP contribution is -2.14. The van der Waals surface area contributed by atoms with Crippen molar-refractivity contribution in [1.82, 2.24) is 0 Å². The maximum absolute atomic E-state index is 8.73. The van der Waals surface area contributed by atoms with Crippen LogP contribution in [0.4, 0.5) is 0 Å². The van der Waals surface area contributed by atoms with Gasteiger partial charge in [0.25, 0.3) is 0 Å². The summed E-state index contributed by atoms with van der Waals surface area (Å²) >= 11 is 5.81. The first kappa shape index (κ1) is 11.7. The Morgan fingerprint density at radius 2 is 2.00 bits per heavy atom. The van der Waals surface area contributed by atoms with Crippen LogP contribution in [-0.2, 0) is 0 Å². The van der Waals surface area contributed by atoms with Gasteiger partial charge in [-0.2, -0.15) is 0 Å². The third-order valence-electron chi connectivity index (χ3n) is 1.50. The van der Waals surface area contributed by atoms with Gasteiger partial charge in [0.2, 0.25) is 0 Å². The van der Waals surface area contributed by atoms with Crippen molar-refractivity contribution >= 4 is 24.0 Å². The molecule has 3 N–H and O–H groups in total. The maximum atomic E-state index is 8.73. The van der Waals surface area contributed by atoms with Crippen molar-refractivity contribution in [2.45, 2.75) is 6.04 Å². The lowest BCUT2D eigenvalue weighted by Gasteiger charge is -2.09. The number of benzene rings is 1. The van der Waals surface area contributed by atoms with Gasteiger partial charge in [0.1, 0.15) is 0 Å². The molecule has 68 valence electrons. The van der Waals surface area contributed by atoms with E-state index >= 15 is 0 Å². The predicted molar refractivity (Wildman–Crippen MR) is 52.7 cm³/mol. The number of rotatable bonds is 2. The van der Waals surface area contributed by atoms with Crippen molar-refractivity contribution in [2.24, 2.45) is 5.73 Å². The average Bonchev–Trinajstić information content (AvgIpc) is 2.04. The van der Waals surface area contributed by atoms with E-state index in [9.17, 15) is 0 Å². The fourth-order valence-corrected chi connectivity index (χ4v) is 1.15. The van der Waals surface area contributed by atoms with Crippen LogP contribution < -0.4 is 5.73 Å². The van der Waals surface area contributed by atoms with Crippen molar-refractivity contribution in [1.29, 1.82) is 0 Å². The standard InChI is InChI=1S/C8H10ClNO.ClH/c9-7-4-2-1-3-6(7)8(10)5-11;/h1-4,8,11H,5,10H2;1H/t8-;/m0./s1. The third-order valence-corrected chi connectivity index (χ3v) is 1.85. The first-order chi connectivity index (χ1) is 5.25. The Kier molecular flexibility index (Phi) is 5.25. The molecule has 0 radical (unpaired) electrons. The highest BCUT2D eigenvalue weighted by molar-refractivity contribution is 6.31. The van der Waals surface area contributed by atoms with Crippen molar-refractivity contribution in [3.8, 4) is 0 Å². The fourth-order valence-electron chi connectivity index (χ4n) is 0.874. The first-order valence-electron chi connectivity index (χ1n) is 3.36. The van der Waals surface area contributed by atoms with E-state index in [-0.39, 0.29) is 25.1 Å². The van der Waals surface area contributed by atoms with E-state index in [0.717, 1.165) is 5.56 Å². The van der Waals surface area contributed by atoms with Crippen LogP contribution in [0.2, 0.25) is 5.02 Å². The molecule has 0 saturated carbocycles. The van der Waals surface area contributed by atoms with Crippen LogP contribution in [0.1, 0.15) is 11.6 Å². The zero-order valence-corrected chi connectivity index (χ0v) is 7.98. The quantitative estimate of drug-likeness (QED) is 0.777. The molecule has 0 aliphatic rings. The summed E-state index contributed by atoms with van der Waals surface area (Å²) in [6, 6.07) is 6.87. The second-order valence-electron chi connectivity index (χ2n) is 2.31. The summed E-state index contributed by atoms with van der Waals surface area (Å²) in [4.78, 5) is 0. The summed E-state index contributed by atoms with van der Waals surface area (Å²) in [7, 11) is 0. The van der Waals surface area contributed by atoms with Crippen LogP contribution in [0, 0.1) is 0 Å². The summed E-state index contributed by atoms with van der Waals surface area (Å²) in [6.07, 6.45) is 0. The molecule has 0 bridgehead atoms. The lowest BCUT2D eigenvalue weighted by atomic mass is 10.1. The normalized spacial score (nSPS) is 11.9. The fraction of sp³-hybridized carbons (Fsp3) is 0.250. The molecule has 0 saturated heterocycles. The maximum Gasteiger partial charge on any atom is 0.0624 e. The van der Waals surface area contributed by atoms with Gasteiger partial charge in [-0.05, 0) is 11.6 Å². The molecule has 0 aromatic heterocycles. The molecular weight excluding hydrogens is 197 g/mol. The summed E-state index contributed by atoms with van der Waals surface area (Å²) < 4.78 is 0. The van der Waals surface area contributed by atoms with Gasteiger partial charge >= 0.3 is 0 Å². The number of nitrogens with two attached hydrogens (primary N) is 1. The molecule has 1 aromatic rings. The molecule has 1 atom stereocenters. The van der Waals surface area contributed by atoms with Crippen LogP contribution in [0.5, 0.6) is 0 Å². The van der Waals surface area contributed by atoms with Crippen LogP contribution in [-0.4, -0.2) is 11.7 Å². The minimum absolute atomic E-state index is 0. The molecule has 12 heavy (non-hydrogen) atoms. The Balaban J connectivity index is 0.00000121. The Labute approximate surface area is 82.8 Å². The molecule has 0 spiro atoms. The molecule has 4 heteroatoms. The summed E-state index contributed by atoms with van der Waals surface area (Å²) in [5.41, 5.74) is 6.35. The molecular formula is C8H11Cl2NO. The summed E-state index contributed by atoms with van der Waals surface area (Å²) in [6.45, 7) is -0.0796. The average molecular weight is 208 g/mol.